The maximum absolute atomic E-state index is 12.8. The van der Waals surface area contributed by atoms with Crippen molar-refractivity contribution in [2.75, 3.05) is 5.32 Å². The molecule has 164 valence electrons. The van der Waals surface area contributed by atoms with Gasteiger partial charge in [0.2, 0.25) is 0 Å². The molecule has 2 amide bonds. The molecule has 2 aromatic rings. The number of anilines is 1. The number of aliphatic carboxylic acids is 1. The van der Waals surface area contributed by atoms with Gasteiger partial charge in [0.05, 0.1) is 6.10 Å². The highest BCUT2D eigenvalue weighted by Gasteiger charge is 2.33. The Kier molecular flexibility index (Phi) is 7.95. The molecule has 0 aliphatic carbocycles. The molecule has 10 nitrogen and oxygen atoms in total. The summed E-state index contributed by atoms with van der Waals surface area (Å²) in [6.45, 7) is 3.23. The number of ether oxygens (including phenoxy) is 1. The molecule has 0 aliphatic rings. The van der Waals surface area contributed by atoms with Crippen LogP contribution in [-0.4, -0.2) is 46.2 Å². The fraction of sp³-hybridized carbons (Fsp3) is 0.238. The van der Waals surface area contributed by atoms with Gasteiger partial charge in [-0.25, -0.2) is 14.6 Å². The summed E-state index contributed by atoms with van der Waals surface area (Å²) in [6, 6.07) is 13.4. The Morgan fingerprint density at radius 1 is 1.13 bits per heavy atom. The van der Waals surface area contributed by atoms with Crippen LogP contribution < -0.4 is 16.5 Å². The standard InChI is InChI=1S/C21H25N5O5/c1-13(2)31-21(30)26(17(19(28)29)11-14-7-4-3-5-8-14)25-18(27)15-9-6-10-16(12-15)24-20(22)23/h3-10,12-13,17H,11H2,1-2H3,(H,25,27)(H,28,29)(H4,22,23,24). The number of nitrogens with zero attached hydrogens (tertiary/aromatic N) is 1. The van der Waals surface area contributed by atoms with Crippen LogP contribution in [0.25, 0.3) is 0 Å². The quantitative estimate of drug-likeness (QED) is 0.257. The molecule has 31 heavy (non-hydrogen) atoms. The molecule has 1 atom stereocenters. The number of hydrogen-bond acceptors (Lipinski definition) is 5. The van der Waals surface area contributed by atoms with Gasteiger partial charge in [0.25, 0.3) is 5.91 Å². The van der Waals surface area contributed by atoms with Crippen LogP contribution in [0.2, 0.25) is 0 Å². The Hall–Kier alpha value is -4.08. The van der Waals surface area contributed by atoms with Crippen molar-refractivity contribution in [3.8, 4) is 0 Å². The third kappa shape index (κ3) is 7.03. The number of carboxylic acid groups (broad SMARTS) is 1. The number of nitrogens with one attached hydrogen (secondary N) is 3. The summed E-state index contributed by atoms with van der Waals surface area (Å²) in [7, 11) is 0. The highest BCUT2D eigenvalue weighted by molar-refractivity contribution is 5.98. The van der Waals surface area contributed by atoms with E-state index in [1.54, 1.807) is 56.3 Å². The van der Waals surface area contributed by atoms with E-state index in [0.29, 0.717) is 16.3 Å². The molecule has 0 radical (unpaired) electrons. The van der Waals surface area contributed by atoms with Gasteiger partial charge in [-0.3, -0.25) is 15.6 Å². The fourth-order valence-electron chi connectivity index (χ4n) is 2.70. The molecule has 2 aromatic carbocycles. The minimum atomic E-state index is -1.41. The zero-order valence-electron chi connectivity index (χ0n) is 17.2. The number of carbonyl (C=O) groups excluding carboxylic acids is 2. The van der Waals surface area contributed by atoms with Gasteiger partial charge in [0, 0.05) is 17.7 Å². The first kappa shape index (κ1) is 23.2. The van der Waals surface area contributed by atoms with E-state index in [2.05, 4.69) is 10.7 Å². The molecule has 1 unspecified atom stereocenters. The Morgan fingerprint density at radius 2 is 1.81 bits per heavy atom. The zero-order chi connectivity index (χ0) is 23.0. The van der Waals surface area contributed by atoms with Gasteiger partial charge in [-0.1, -0.05) is 36.4 Å². The number of carboxylic acids is 1. The summed E-state index contributed by atoms with van der Waals surface area (Å²) in [5.41, 5.74) is 8.82. The van der Waals surface area contributed by atoms with E-state index in [1.165, 1.54) is 12.1 Å². The number of amides is 2. The molecule has 0 aromatic heterocycles. The van der Waals surface area contributed by atoms with E-state index in [1.807, 2.05) is 0 Å². The number of benzene rings is 2. The molecule has 2 rings (SSSR count). The molecule has 0 aliphatic heterocycles. The van der Waals surface area contributed by atoms with Gasteiger partial charge < -0.3 is 20.9 Å². The van der Waals surface area contributed by atoms with E-state index in [4.69, 9.17) is 15.9 Å². The monoisotopic (exact) mass is 427 g/mol. The average molecular weight is 427 g/mol. The number of hydrogen-bond donors (Lipinski definition) is 5. The topological polar surface area (TPSA) is 158 Å². The first-order valence-electron chi connectivity index (χ1n) is 9.46. The molecule has 10 heteroatoms. The first-order chi connectivity index (χ1) is 14.7. The first-order valence-corrected chi connectivity index (χ1v) is 9.46. The van der Waals surface area contributed by atoms with Crippen molar-refractivity contribution in [1.82, 2.24) is 10.4 Å². The smallest absolute Gasteiger partial charge is 0.429 e. The zero-order valence-corrected chi connectivity index (χ0v) is 17.2. The summed E-state index contributed by atoms with van der Waals surface area (Å²) < 4.78 is 5.15. The lowest BCUT2D eigenvalue weighted by molar-refractivity contribution is -0.143. The molecule has 0 saturated heterocycles. The summed E-state index contributed by atoms with van der Waals surface area (Å²) in [5.74, 6) is -2.35. The predicted molar refractivity (Wildman–Crippen MR) is 114 cm³/mol. The van der Waals surface area contributed by atoms with Gasteiger partial charge in [-0.15, -0.1) is 0 Å². The number of rotatable bonds is 7. The van der Waals surface area contributed by atoms with Crippen molar-refractivity contribution in [3.63, 3.8) is 0 Å². The minimum absolute atomic E-state index is 0.0461. The molecular weight excluding hydrogens is 402 g/mol. The summed E-state index contributed by atoms with van der Waals surface area (Å²) in [4.78, 5) is 37.4. The number of guanidine groups is 1. The third-order valence-electron chi connectivity index (χ3n) is 4.03. The van der Waals surface area contributed by atoms with E-state index in [9.17, 15) is 19.5 Å². The van der Waals surface area contributed by atoms with E-state index < -0.39 is 30.1 Å². The minimum Gasteiger partial charge on any atom is -0.480 e. The van der Waals surface area contributed by atoms with Crippen molar-refractivity contribution in [3.05, 3.63) is 65.7 Å². The van der Waals surface area contributed by atoms with E-state index in [0.717, 1.165) is 0 Å². The van der Waals surface area contributed by atoms with Crippen molar-refractivity contribution in [1.29, 1.82) is 5.41 Å². The SMILES string of the molecule is CC(C)OC(=O)N(NC(=O)c1cccc(NC(=N)N)c1)C(Cc1ccccc1)C(=O)O. The molecule has 6 N–H and O–H groups in total. The maximum Gasteiger partial charge on any atom is 0.429 e. The second kappa shape index (κ2) is 10.6. The molecule has 0 spiro atoms. The largest absolute Gasteiger partial charge is 0.480 e. The second-order valence-corrected chi connectivity index (χ2v) is 6.91. The molecular formula is C21H25N5O5. The third-order valence-corrected chi connectivity index (χ3v) is 4.03. The Labute approximate surface area is 179 Å². The van der Waals surface area contributed by atoms with Crippen molar-refractivity contribution < 1.29 is 24.2 Å². The van der Waals surface area contributed by atoms with Gasteiger partial charge in [-0.2, -0.15) is 0 Å². The Morgan fingerprint density at radius 3 is 2.39 bits per heavy atom. The van der Waals surface area contributed by atoms with Crippen LogP contribution in [0, 0.1) is 5.41 Å². The summed E-state index contributed by atoms with van der Waals surface area (Å²) in [5, 5.41) is 20.3. The van der Waals surface area contributed by atoms with Crippen LogP contribution in [-0.2, 0) is 16.0 Å². The van der Waals surface area contributed by atoms with E-state index >= 15 is 0 Å². The predicted octanol–water partition coefficient (Wildman–Crippen LogP) is 2.18. The summed E-state index contributed by atoms with van der Waals surface area (Å²) >= 11 is 0. The molecule has 0 saturated carbocycles. The lowest BCUT2D eigenvalue weighted by Gasteiger charge is -2.29. The van der Waals surface area contributed by atoms with Crippen molar-refractivity contribution in [2.45, 2.75) is 32.4 Å². The van der Waals surface area contributed by atoms with Crippen molar-refractivity contribution in [2.24, 2.45) is 5.73 Å². The fourth-order valence-corrected chi connectivity index (χ4v) is 2.70. The number of nitrogens with two attached hydrogens (primary N) is 1. The normalized spacial score (nSPS) is 11.3. The number of carbonyl (C=O) groups is 3. The highest BCUT2D eigenvalue weighted by Crippen LogP contribution is 2.14. The van der Waals surface area contributed by atoms with Gasteiger partial charge in [0.1, 0.15) is 0 Å². The molecule has 0 heterocycles. The number of hydrazine groups is 1. The van der Waals surface area contributed by atoms with E-state index in [-0.39, 0.29) is 17.9 Å². The van der Waals surface area contributed by atoms with Crippen LogP contribution in [0.3, 0.4) is 0 Å². The average Bonchev–Trinajstić information content (AvgIpc) is 2.70. The van der Waals surface area contributed by atoms with Crippen LogP contribution in [0.4, 0.5) is 10.5 Å². The van der Waals surface area contributed by atoms with Crippen molar-refractivity contribution >= 4 is 29.6 Å². The van der Waals surface area contributed by atoms with Crippen LogP contribution in [0.15, 0.2) is 54.6 Å². The lowest BCUT2D eigenvalue weighted by Crippen LogP contribution is -2.56. The lowest BCUT2D eigenvalue weighted by atomic mass is 10.1. The van der Waals surface area contributed by atoms with Crippen LogP contribution in [0.5, 0.6) is 0 Å². The Balaban J connectivity index is 2.31. The second-order valence-electron chi connectivity index (χ2n) is 6.91. The van der Waals surface area contributed by atoms with Gasteiger partial charge in [-0.05, 0) is 37.6 Å². The highest BCUT2D eigenvalue weighted by atomic mass is 16.6. The Bertz CT molecular complexity index is 948. The maximum atomic E-state index is 12.8. The van der Waals surface area contributed by atoms with Crippen LogP contribution >= 0.6 is 0 Å². The molecule has 0 bridgehead atoms. The van der Waals surface area contributed by atoms with Gasteiger partial charge in [0.15, 0.2) is 12.0 Å². The van der Waals surface area contributed by atoms with Gasteiger partial charge >= 0.3 is 12.1 Å². The summed E-state index contributed by atoms with van der Waals surface area (Å²) in [6.07, 6.45) is -1.57. The molecule has 0 fully saturated rings. The van der Waals surface area contributed by atoms with Crippen LogP contribution in [0.1, 0.15) is 29.8 Å².